The van der Waals surface area contributed by atoms with Gasteiger partial charge in [-0.2, -0.15) is 0 Å². The van der Waals surface area contributed by atoms with Gasteiger partial charge in [-0.15, -0.1) is 11.3 Å². The molecule has 2 aliphatic carbocycles. The topological polar surface area (TPSA) is 78.8 Å². The van der Waals surface area contributed by atoms with Crippen LogP contribution in [0.2, 0.25) is 0 Å². The van der Waals surface area contributed by atoms with Gasteiger partial charge in [-0.25, -0.2) is 0 Å². The van der Waals surface area contributed by atoms with E-state index < -0.39 is 0 Å². The Bertz CT molecular complexity index is 1010. The van der Waals surface area contributed by atoms with Crippen LogP contribution in [0, 0.1) is 32.1 Å². The number of fused-ring (bicyclic) bond motifs is 3. The van der Waals surface area contributed by atoms with Gasteiger partial charge in [0, 0.05) is 17.8 Å². The number of hydrogen-bond donors (Lipinski definition) is 3. The monoisotopic (exact) mass is 471 g/mol. The lowest BCUT2D eigenvalue weighted by molar-refractivity contribution is 0.0985. The third-order valence-electron chi connectivity index (χ3n) is 7.66. The Morgan fingerprint density at radius 3 is 2.52 bits per heavy atom. The molecule has 2 aromatic rings. The summed E-state index contributed by atoms with van der Waals surface area (Å²) in [5, 5.41) is 21.3. The van der Waals surface area contributed by atoms with Crippen molar-refractivity contribution in [3.63, 3.8) is 0 Å². The van der Waals surface area contributed by atoms with E-state index in [4.69, 9.17) is 14.9 Å². The van der Waals surface area contributed by atoms with Crippen LogP contribution < -0.4 is 10.1 Å². The molecule has 1 aromatic heterocycles. The molecule has 3 N–H and O–H groups in total. The normalized spacial score (nSPS) is 20.1. The van der Waals surface area contributed by atoms with Crippen LogP contribution in [-0.4, -0.2) is 48.4 Å². The first kappa shape index (κ1) is 24.4. The van der Waals surface area contributed by atoms with E-state index in [0.29, 0.717) is 30.9 Å². The van der Waals surface area contributed by atoms with Crippen LogP contribution in [0.5, 0.6) is 5.75 Å². The van der Waals surface area contributed by atoms with Crippen LogP contribution in [0.4, 0.5) is 0 Å². The van der Waals surface area contributed by atoms with Crippen LogP contribution in [-0.2, 0) is 12.8 Å². The summed E-state index contributed by atoms with van der Waals surface area (Å²) < 4.78 is 5.95. The van der Waals surface area contributed by atoms with Crippen LogP contribution in [0.3, 0.4) is 0 Å². The van der Waals surface area contributed by atoms with Gasteiger partial charge in [0.2, 0.25) is 0 Å². The molecule has 0 bridgehead atoms. The standard InChI is InChI=1S/C27H37NO4S/c1-15-10-18(11-16(2)25(15)32-9-8-28-19(13-29)14-30)6-7-22(31)26-20-12-21-24(27(21,4)5)23(20)17(3)33-26/h10-11,19,21,24,28-30H,6-9,12-14H2,1-5H3. The number of rotatable bonds is 11. The fourth-order valence-electron chi connectivity index (χ4n) is 5.74. The fraction of sp³-hybridized carbons (Fsp3) is 0.593. The highest BCUT2D eigenvalue weighted by Crippen LogP contribution is 2.71. The average molecular weight is 472 g/mol. The Balaban J connectivity index is 1.35. The number of nitrogens with one attached hydrogen (secondary N) is 1. The van der Waals surface area contributed by atoms with Gasteiger partial charge >= 0.3 is 0 Å². The lowest BCUT2D eigenvalue weighted by Crippen LogP contribution is -2.38. The summed E-state index contributed by atoms with van der Waals surface area (Å²) in [4.78, 5) is 15.5. The van der Waals surface area contributed by atoms with Gasteiger partial charge in [-0.1, -0.05) is 26.0 Å². The Morgan fingerprint density at radius 2 is 1.88 bits per heavy atom. The van der Waals surface area contributed by atoms with Crippen molar-refractivity contribution in [1.29, 1.82) is 0 Å². The van der Waals surface area contributed by atoms with Crippen molar-refractivity contribution >= 4 is 17.1 Å². The van der Waals surface area contributed by atoms with Crippen molar-refractivity contribution in [3.8, 4) is 5.75 Å². The number of aliphatic hydroxyl groups is 2. The third kappa shape index (κ3) is 4.63. The molecule has 1 saturated carbocycles. The Hall–Kier alpha value is -1.73. The van der Waals surface area contributed by atoms with Crippen molar-refractivity contribution in [2.75, 3.05) is 26.4 Å². The van der Waals surface area contributed by atoms with E-state index in [-0.39, 0.29) is 25.0 Å². The van der Waals surface area contributed by atoms with E-state index in [2.05, 4.69) is 38.2 Å². The molecule has 180 valence electrons. The SMILES string of the molecule is Cc1cc(CCC(=O)c2sc(C)c3c2CC2C3C2(C)C)cc(C)c1OCCNC(CO)CO. The minimum absolute atomic E-state index is 0.102. The number of Topliss-reactive ketones (excluding diaryl/α,β-unsaturated/α-hetero) is 1. The molecule has 0 radical (unpaired) electrons. The summed E-state index contributed by atoms with van der Waals surface area (Å²) in [7, 11) is 0. The molecular formula is C27H37NO4S. The van der Waals surface area contributed by atoms with E-state index >= 15 is 0 Å². The maximum atomic E-state index is 13.1. The van der Waals surface area contributed by atoms with Crippen molar-refractivity contribution in [1.82, 2.24) is 5.32 Å². The molecule has 0 aliphatic heterocycles. The van der Waals surface area contributed by atoms with Crippen molar-refractivity contribution < 1.29 is 19.7 Å². The first-order chi connectivity index (χ1) is 15.7. The smallest absolute Gasteiger partial charge is 0.173 e. The van der Waals surface area contributed by atoms with Crippen molar-refractivity contribution in [2.24, 2.45) is 11.3 Å². The molecule has 2 aliphatic rings. The number of carbonyl (C=O) groups is 1. The molecule has 4 rings (SSSR count). The van der Waals surface area contributed by atoms with E-state index in [0.717, 1.165) is 40.5 Å². The summed E-state index contributed by atoms with van der Waals surface area (Å²) in [6, 6.07) is 3.92. The predicted molar refractivity (Wildman–Crippen MR) is 133 cm³/mol. The number of benzene rings is 1. The summed E-state index contributed by atoms with van der Waals surface area (Å²) in [6.07, 6.45) is 2.35. The Morgan fingerprint density at radius 1 is 1.21 bits per heavy atom. The minimum atomic E-state index is -0.318. The Labute approximate surface area is 201 Å². The minimum Gasteiger partial charge on any atom is -0.492 e. The second kappa shape index (κ2) is 9.49. The van der Waals surface area contributed by atoms with E-state index in [1.807, 2.05) is 13.8 Å². The molecule has 1 heterocycles. The summed E-state index contributed by atoms with van der Waals surface area (Å²) in [6.45, 7) is 11.8. The second-order valence-corrected chi connectivity index (χ2v) is 11.6. The number of thiophene rings is 1. The highest BCUT2D eigenvalue weighted by Gasteiger charge is 2.63. The first-order valence-corrected chi connectivity index (χ1v) is 12.8. The second-order valence-electron chi connectivity index (χ2n) is 10.3. The summed E-state index contributed by atoms with van der Waals surface area (Å²) in [5.74, 6) is 2.54. The van der Waals surface area contributed by atoms with E-state index in [9.17, 15) is 4.79 Å². The van der Waals surface area contributed by atoms with Crippen molar-refractivity contribution in [2.45, 2.75) is 65.8 Å². The largest absolute Gasteiger partial charge is 0.492 e. The molecule has 2 unspecified atom stereocenters. The zero-order chi connectivity index (χ0) is 23.9. The lowest BCUT2D eigenvalue weighted by atomic mass is 9.93. The van der Waals surface area contributed by atoms with Crippen LogP contribution in [0.15, 0.2) is 12.1 Å². The van der Waals surface area contributed by atoms with Gasteiger partial charge in [0.15, 0.2) is 5.78 Å². The zero-order valence-electron chi connectivity index (χ0n) is 20.5. The van der Waals surface area contributed by atoms with Crippen LogP contribution in [0.1, 0.15) is 68.6 Å². The Kier molecular flexibility index (Phi) is 7.02. The molecule has 0 spiro atoms. The van der Waals surface area contributed by atoms with Gasteiger partial charge in [0.1, 0.15) is 12.4 Å². The third-order valence-corrected chi connectivity index (χ3v) is 8.86. The number of aryl methyl sites for hydroxylation is 4. The van der Waals surface area contributed by atoms with E-state index in [1.54, 1.807) is 11.3 Å². The van der Waals surface area contributed by atoms with Crippen LogP contribution >= 0.6 is 11.3 Å². The molecule has 2 atom stereocenters. The molecule has 5 nitrogen and oxygen atoms in total. The van der Waals surface area contributed by atoms with Gasteiger partial charge in [0.25, 0.3) is 0 Å². The molecule has 0 saturated heterocycles. The molecule has 1 fully saturated rings. The molecule has 33 heavy (non-hydrogen) atoms. The first-order valence-electron chi connectivity index (χ1n) is 12.0. The highest BCUT2D eigenvalue weighted by molar-refractivity contribution is 7.14. The van der Waals surface area contributed by atoms with Gasteiger partial charge in [-0.3, -0.25) is 4.79 Å². The lowest BCUT2D eigenvalue weighted by Gasteiger charge is -2.16. The molecular weight excluding hydrogens is 434 g/mol. The molecule has 0 amide bonds. The van der Waals surface area contributed by atoms with Crippen LogP contribution in [0.25, 0.3) is 0 Å². The van der Waals surface area contributed by atoms with Gasteiger partial charge < -0.3 is 20.3 Å². The zero-order valence-corrected chi connectivity index (χ0v) is 21.3. The van der Waals surface area contributed by atoms with E-state index in [1.165, 1.54) is 21.6 Å². The fourth-order valence-corrected chi connectivity index (χ4v) is 6.94. The summed E-state index contributed by atoms with van der Waals surface area (Å²) >= 11 is 1.71. The van der Waals surface area contributed by atoms with Gasteiger partial charge in [0.05, 0.1) is 24.1 Å². The molecule has 1 aromatic carbocycles. The summed E-state index contributed by atoms with van der Waals surface area (Å²) in [5.41, 5.74) is 6.55. The molecule has 6 heteroatoms. The number of carbonyl (C=O) groups excluding carboxylic acids is 1. The maximum absolute atomic E-state index is 13.1. The number of ketones is 1. The van der Waals surface area contributed by atoms with Gasteiger partial charge in [-0.05, 0) is 78.7 Å². The predicted octanol–water partition coefficient (Wildman–Crippen LogP) is 4.11. The average Bonchev–Trinajstić information content (AvgIpc) is 3.09. The highest BCUT2D eigenvalue weighted by atomic mass is 32.1. The van der Waals surface area contributed by atoms with Crippen molar-refractivity contribution in [3.05, 3.63) is 49.7 Å². The maximum Gasteiger partial charge on any atom is 0.173 e. The number of aliphatic hydroxyl groups excluding tert-OH is 2. The number of hydrogen-bond acceptors (Lipinski definition) is 6. The quantitative estimate of drug-likeness (QED) is 0.340. The number of ether oxygens (including phenoxy) is 1.